The molecule has 1 heterocycles. The van der Waals surface area contributed by atoms with Gasteiger partial charge in [0.15, 0.2) is 12.4 Å². The molecule has 3 rings (SSSR count). The van der Waals surface area contributed by atoms with E-state index in [1.165, 1.54) is 0 Å². The Hall–Kier alpha value is -2.72. The number of nitrogens with zero attached hydrogens (tertiary/aromatic N) is 4. The first kappa shape index (κ1) is 15.2. The molecule has 0 spiro atoms. The zero-order chi connectivity index (χ0) is 15.9. The zero-order valence-corrected chi connectivity index (χ0v) is 13.2. The van der Waals surface area contributed by atoms with Gasteiger partial charge in [0, 0.05) is 0 Å². The molecule has 114 valence electrons. The Morgan fingerprint density at radius 2 is 1.52 bits per heavy atom. The van der Waals surface area contributed by atoms with Crippen molar-refractivity contribution in [2.75, 3.05) is 0 Å². The largest absolute Gasteiger partial charge is 0.322 e. The summed E-state index contributed by atoms with van der Waals surface area (Å²) in [6.45, 7) is 0. The van der Waals surface area contributed by atoms with E-state index < -0.39 is 0 Å². The molecule has 0 atom stereocenters. The number of hydrogen-bond acceptors (Lipinski definition) is 2. The molecule has 0 aliphatic rings. The summed E-state index contributed by atoms with van der Waals surface area (Å²) in [7, 11) is 0. The van der Waals surface area contributed by atoms with Crippen LogP contribution < -0.4 is 4.68 Å². The van der Waals surface area contributed by atoms with E-state index >= 15 is 0 Å². The Kier molecular flexibility index (Phi) is 4.96. The van der Waals surface area contributed by atoms with Gasteiger partial charge in [0.05, 0.1) is 12.4 Å². The van der Waals surface area contributed by atoms with Crippen LogP contribution in [0.1, 0.15) is 17.0 Å². The lowest BCUT2D eigenvalue weighted by molar-refractivity contribution is -0.684. The van der Waals surface area contributed by atoms with E-state index in [0.29, 0.717) is 5.88 Å². The van der Waals surface area contributed by atoms with Crippen LogP contribution in [0.4, 0.5) is 0 Å². The number of halogens is 1. The van der Waals surface area contributed by atoms with Crippen molar-refractivity contribution in [2.45, 2.75) is 5.88 Å². The third-order valence-electron chi connectivity index (χ3n) is 3.26. The van der Waals surface area contributed by atoms with Crippen LogP contribution in [0, 0.1) is 0 Å². The molecular formula is C18H16ClN4+. The molecule has 0 N–H and O–H groups in total. The van der Waals surface area contributed by atoms with Crippen LogP contribution in [0.5, 0.6) is 0 Å². The lowest BCUT2D eigenvalue weighted by Crippen LogP contribution is -2.30. The maximum absolute atomic E-state index is 6.05. The molecule has 3 aromatic rings. The summed E-state index contributed by atoms with van der Waals surface area (Å²) in [4.78, 5) is 0. The van der Waals surface area contributed by atoms with E-state index in [-0.39, 0.29) is 0 Å². The summed E-state index contributed by atoms with van der Waals surface area (Å²) < 4.78 is 3.45. The van der Waals surface area contributed by atoms with Gasteiger partial charge in [-0.05, 0) is 11.1 Å². The highest BCUT2D eigenvalue weighted by atomic mass is 35.5. The SMILES string of the molecule is ClCc1n(N=Cc2ccccc2)cc[n+]1N=Cc1ccccc1. The smallest absolute Gasteiger partial charge is 0.113 e. The van der Waals surface area contributed by atoms with Gasteiger partial charge in [-0.2, -0.15) is 0 Å². The fourth-order valence-corrected chi connectivity index (χ4v) is 2.32. The second-order valence-corrected chi connectivity index (χ2v) is 5.11. The minimum Gasteiger partial charge on any atom is -0.113 e. The fraction of sp³-hybridized carbons (Fsp3) is 0.0556. The lowest BCUT2D eigenvalue weighted by atomic mass is 10.2. The topological polar surface area (TPSA) is 33.5 Å². The van der Waals surface area contributed by atoms with Gasteiger partial charge in [-0.15, -0.1) is 21.0 Å². The Morgan fingerprint density at radius 1 is 0.913 bits per heavy atom. The van der Waals surface area contributed by atoms with Gasteiger partial charge in [-0.3, -0.25) is 0 Å². The molecule has 0 radical (unpaired) electrons. The first-order valence-electron chi connectivity index (χ1n) is 7.23. The molecule has 0 aliphatic carbocycles. The molecule has 0 bridgehead atoms. The van der Waals surface area contributed by atoms with Gasteiger partial charge in [0.2, 0.25) is 0 Å². The normalized spacial score (nSPS) is 11.5. The fourth-order valence-electron chi connectivity index (χ4n) is 2.07. The molecule has 0 amide bonds. The van der Waals surface area contributed by atoms with E-state index in [0.717, 1.165) is 17.0 Å². The summed E-state index contributed by atoms with van der Waals surface area (Å²) >= 11 is 6.05. The molecule has 23 heavy (non-hydrogen) atoms. The van der Waals surface area contributed by atoms with Crippen molar-refractivity contribution in [1.29, 1.82) is 0 Å². The lowest BCUT2D eigenvalue weighted by Gasteiger charge is -1.93. The minimum atomic E-state index is 0.311. The average molecular weight is 324 g/mol. The van der Waals surface area contributed by atoms with Crippen LogP contribution in [-0.4, -0.2) is 17.1 Å². The summed E-state index contributed by atoms with van der Waals surface area (Å²) in [5.41, 5.74) is 2.06. The van der Waals surface area contributed by atoms with Crippen molar-refractivity contribution in [1.82, 2.24) is 4.68 Å². The Bertz CT molecular complexity index is 741. The Balaban J connectivity index is 1.82. The highest BCUT2D eigenvalue weighted by Gasteiger charge is 2.15. The number of aromatic nitrogens is 2. The van der Waals surface area contributed by atoms with E-state index in [1.807, 2.05) is 73.1 Å². The molecule has 0 unspecified atom stereocenters. The molecule has 2 aromatic carbocycles. The third-order valence-corrected chi connectivity index (χ3v) is 3.50. The second kappa shape index (κ2) is 7.51. The first-order valence-corrected chi connectivity index (χ1v) is 7.77. The summed E-state index contributed by atoms with van der Waals surface area (Å²) in [6, 6.07) is 19.8. The van der Waals surface area contributed by atoms with Gasteiger partial charge in [-0.1, -0.05) is 70.9 Å². The van der Waals surface area contributed by atoms with Crippen molar-refractivity contribution < 1.29 is 4.68 Å². The second-order valence-electron chi connectivity index (χ2n) is 4.85. The van der Waals surface area contributed by atoms with Crippen LogP contribution >= 0.6 is 11.6 Å². The van der Waals surface area contributed by atoms with E-state index in [2.05, 4.69) is 10.2 Å². The predicted molar refractivity (Wildman–Crippen MR) is 93.1 cm³/mol. The standard InChI is InChI=1S/C18H16ClN4/c19-13-18-22(20-14-16-7-3-1-4-8-16)11-12-23(18)21-15-17-9-5-2-6-10-17/h1-12,14-15H,13H2/q+1. The highest BCUT2D eigenvalue weighted by molar-refractivity contribution is 6.16. The van der Waals surface area contributed by atoms with Crippen LogP contribution in [0.2, 0.25) is 0 Å². The molecule has 1 aromatic heterocycles. The highest BCUT2D eigenvalue weighted by Crippen LogP contribution is 2.02. The number of benzene rings is 2. The predicted octanol–water partition coefficient (Wildman–Crippen LogP) is 3.28. The van der Waals surface area contributed by atoms with Crippen LogP contribution in [0.3, 0.4) is 0 Å². The zero-order valence-electron chi connectivity index (χ0n) is 12.5. The Morgan fingerprint density at radius 3 is 2.13 bits per heavy atom. The van der Waals surface area contributed by atoms with E-state index in [1.54, 1.807) is 21.8 Å². The molecule has 0 saturated carbocycles. The van der Waals surface area contributed by atoms with Gasteiger partial charge in [-0.25, -0.2) is 0 Å². The van der Waals surface area contributed by atoms with Crippen LogP contribution in [0.15, 0.2) is 83.3 Å². The van der Waals surface area contributed by atoms with Crippen molar-refractivity contribution in [3.63, 3.8) is 0 Å². The van der Waals surface area contributed by atoms with Gasteiger partial charge < -0.3 is 0 Å². The minimum absolute atomic E-state index is 0.311. The van der Waals surface area contributed by atoms with Crippen molar-refractivity contribution in [2.24, 2.45) is 10.2 Å². The monoisotopic (exact) mass is 323 g/mol. The molecule has 0 fully saturated rings. The number of alkyl halides is 1. The third kappa shape index (κ3) is 3.93. The van der Waals surface area contributed by atoms with Crippen LogP contribution in [-0.2, 0) is 5.88 Å². The van der Waals surface area contributed by atoms with E-state index in [4.69, 9.17) is 11.6 Å². The van der Waals surface area contributed by atoms with Crippen LogP contribution in [0.25, 0.3) is 0 Å². The maximum Gasteiger partial charge on any atom is 0.322 e. The summed E-state index contributed by atoms with van der Waals surface area (Å²) in [6.07, 6.45) is 7.25. The molecule has 0 saturated heterocycles. The van der Waals surface area contributed by atoms with Gasteiger partial charge >= 0.3 is 5.82 Å². The van der Waals surface area contributed by atoms with Crippen molar-refractivity contribution in [3.05, 3.63) is 90.0 Å². The number of rotatable bonds is 5. The number of imidazole rings is 1. The van der Waals surface area contributed by atoms with Gasteiger partial charge in [0.1, 0.15) is 5.88 Å². The molecule has 5 heteroatoms. The first-order chi connectivity index (χ1) is 11.4. The van der Waals surface area contributed by atoms with Crippen molar-refractivity contribution >= 4 is 24.0 Å². The summed E-state index contributed by atoms with van der Waals surface area (Å²) in [5, 5.41) is 8.87. The quantitative estimate of drug-likeness (QED) is 0.392. The molecule has 0 aliphatic heterocycles. The van der Waals surface area contributed by atoms with E-state index in [9.17, 15) is 0 Å². The molecule has 4 nitrogen and oxygen atoms in total. The van der Waals surface area contributed by atoms with Gasteiger partial charge in [0.25, 0.3) is 0 Å². The Labute approximate surface area is 140 Å². The average Bonchev–Trinajstić information content (AvgIpc) is 3.02. The summed E-state index contributed by atoms with van der Waals surface area (Å²) in [5.74, 6) is 1.09. The number of hydrogen-bond donors (Lipinski definition) is 0. The molecular weight excluding hydrogens is 308 g/mol. The maximum atomic E-state index is 6.05. The van der Waals surface area contributed by atoms with Crippen molar-refractivity contribution in [3.8, 4) is 0 Å².